The number of hydrogen-bond acceptors (Lipinski definition) is 3. The van der Waals surface area contributed by atoms with Crippen LogP contribution >= 0.6 is 0 Å². The van der Waals surface area contributed by atoms with Crippen LogP contribution in [-0.2, 0) is 19.5 Å². The summed E-state index contributed by atoms with van der Waals surface area (Å²) in [5, 5.41) is 5.70. The van der Waals surface area contributed by atoms with Crippen molar-refractivity contribution in [1.29, 1.82) is 0 Å². The Kier molecular flexibility index (Phi) is 3.88. The largest absolute Gasteiger partial charge is 0.357 e. The average Bonchev–Trinajstić information content (AvgIpc) is 3.17. The third-order valence-electron chi connectivity index (χ3n) is 5.16. The van der Waals surface area contributed by atoms with Crippen molar-refractivity contribution >= 4 is 10.9 Å². The summed E-state index contributed by atoms with van der Waals surface area (Å²) >= 11 is 0. The number of aryl methyl sites for hydroxylation is 1. The summed E-state index contributed by atoms with van der Waals surface area (Å²) in [6, 6.07) is 9.06. The maximum Gasteiger partial charge on any atom is 0.141 e. The number of nitrogens with one attached hydrogen (secondary N) is 1. The molecule has 126 valence electrons. The second-order valence-corrected chi connectivity index (χ2v) is 6.96. The van der Waals surface area contributed by atoms with Crippen LogP contribution in [0.3, 0.4) is 0 Å². The molecule has 0 radical (unpaired) electrons. The van der Waals surface area contributed by atoms with Crippen molar-refractivity contribution in [1.82, 2.24) is 24.6 Å². The van der Waals surface area contributed by atoms with Crippen LogP contribution in [0.2, 0.25) is 0 Å². The molecule has 3 heterocycles. The van der Waals surface area contributed by atoms with Crippen LogP contribution in [0.4, 0.5) is 0 Å². The third kappa shape index (κ3) is 2.44. The molecule has 0 bridgehead atoms. The van der Waals surface area contributed by atoms with Crippen molar-refractivity contribution in [3.8, 4) is 0 Å². The minimum atomic E-state index is 0.392. The van der Waals surface area contributed by atoms with Gasteiger partial charge >= 0.3 is 0 Å². The minimum absolute atomic E-state index is 0.392. The highest BCUT2D eigenvalue weighted by molar-refractivity contribution is 5.85. The molecular weight excluding hydrogens is 298 g/mol. The number of benzene rings is 1. The molecule has 4 rings (SSSR count). The molecule has 5 heteroatoms. The molecule has 1 aromatic carbocycles. The lowest BCUT2D eigenvalue weighted by Gasteiger charge is -2.38. The number of fused-ring (bicyclic) bond motifs is 3. The molecule has 0 aliphatic carbocycles. The molecule has 2 aromatic heterocycles. The standard InChI is InChI=1S/C19H25N5/c1-4-24-17(20-12-21-24)11-23-10-9-15-14-7-5-6-8-16(14)22-18(15)19(23)13(2)3/h5-8,12-13,19,22H,4,9-11H2,1-3H3. The van der Waals surface area contributed by atoms with Gasteiger partial charge in [-0.15, -0.1) is 0 Å². The minimum Gasteiger partial charge on any atom is -0.357 e. The summed E-state index contributed by atoms with van der Waals surface area (Å²) in [6.07, 6.45) is 2.75. The molecular formula is C19H25N5. The number of H-pyrrole nitrogens is 1. The van der Waals surface area contributed by atoms with Crippen LogP contribution in [0, 0.1) is 5.92 Å². The molecule has 0 saturated carbocycles. The Morgan fingerprint density at radius 3 is 2.92 bits per heavy atom. The van der Waals surface area contributed by atoms with Gasteiger partial charge in [0.2, 0.25) is 0 Å². The van der Waals surface area contributed by atoms with E-state index in [4.69, 9.17) is 0 Å². The molecule has 5 nitrogen and oxygen atoms in total. The second kappa shape index (κ2) is 6.06. The fraction of sp³-hybridized carbons (Fsp3) is 0.474. The quantitative estimate of drug-likeness (QED) is 0.799. The number of para-hydroxylation sites is 1. The predicted octanol–water partition coefficient (Wildman–Crippen LogP) is 3.53. The highest BCUT2D eigenvalue weighted by Gasteiger charge is 2.33. The molecule has 1 unspecified atom stereocenters. The van der Waals surface area contributed by atoms with Gasteiger partial charge in [-0.3, -0.25) is 4.90 Å². The van der Waals surface area contributed by atoms with E-state index in [1.165, 1.54) is 22.2 Å². The SMILES string of the molecule is CCn1ncnc1CN1CCc2c([nH]c3ccccc23)C1C(C)C. The van der Waals surface area contributed by atoms with Crippen molar-refractivity contribution in [3.63, 3.8) is 0 Å². The normalized spacial score (nSPS) is 18.4. The van der Waals surface area contributed by atoms with Crippen LogP contribution in [-0.4, -0.2) is 31.2 Å². The van der Waals surface area contributed by atoms with E-state index < -0.39 is 0 Å². The Morgan fingerprint density at radius 2 is 2.12 bits per heavy atom. The molecule has 1 aliphatic rings. The van der Waals surface area contributed by atoms with Gasteiger partial charge in [-0.05, 0) is 30.9 Å². The summed E-state index contributed by atoms with van der Waals surface area (Å²) in [6.45, 7) is 9.52. The Morgan fingerprint density at radius 1 is 1.29 bits per heavy atom. The fourth-order valence-electron chi connectivity index (χ4n) is 4.11. The highest BCUT2D eigenvalue weighted by atomic mass is 15.3. The summed E-state index contributed by atoms with van der Waals surface area (Å²) in [7, 11) is 0. The van der Waals surface area contributed by atoms with Crippen LogP contribution in [0.25, 0.3) is 10.9 Å². The van der Waals surface area contributed by atoms with Crippen molar-refractivity contribution in [2.75, 3.05) is 6.54 Å². The second-order valence-electron chi connectivity index (χ2n) is 6.96. The Labute approximate surface area is 142 Å². The first-order valence-electron chi connectivity index (χ1n) is 8.89. The molecule has 0 spiro atoms. The molecule has 0 saturated heterocycles. The van der Waals surface area contributed by atoms with Gasteiger partial charge in [0.05, 0.1) is 12.6 Å². The first-order chi connectivity index (χ1) is 11.7. The number of aromatic nitrogens is 4. The topological polar surface area (TPSA) is 49.7 Å². The van der Waals surface area contributed by atoms with Crippen molar-refractivity contribution in [2.24, 2.45) is 5.92 Å². The van der Waals surface area contributed by atoms with Crippen LogP contribution < -0.4 is 0 Å². The van der Waals surface area contributed by atoms with E-state index in [9.17, 15) is 0 Å². The number of hydrogen-bond donors (Lipinski definition) is 1. The van der Waals surface area contributed by atoms with Gasteiger partial charge in [0.1, 0.15) is 12.2 Å². The van der Waals surface area contributed by atoms with E-state index in [-0.39, 0.29) is 0 Å². The van der Waals surface area contributed by atoms with Gasteiger partial charge in [0.15, 0.2) is 0 Å². The molecule has 3 aromatic rings. The number of nitrogens with zero attached hydrogens (tertiary/aromatic N) is 4. The predicted molar refractivity (Wildman–Crippen MR) is 95.7 cm³/mol. The van der Waals surface area contributed by atoms with Crippen LogP contribution in [0.15, 0.2) is 30.6 Å². The van der Waals surface area contributed by atoms with Gasteiger partial charge in [0.25, 0.3) is 0 Å². The highest BCUT2D eigenvalue weighted by Crippen LogP contribution is 2.38. The molecule has 24 heavy (non-hydrogen) atoms. The first kappa shape index (κ1) is 15.4. The third-order valence-corrected chi connectivity index (χ3v) is 5.16. The molecule has 1 atom stereocenters. The monoisotopic (exact) mass is 323 g/mol. The van der Waals surface area contributed by atoms with Gasteiger partial charge in [0, 0.05) is 29.7 Å². The molecule has 0 fully saturated rings. The van der Waals surface area contributed by atoms with Gasteiger partial charge in [-0.2, -0.15) is 5.10 Å². The van der Waals surface area contributed by atoms with Gasteiger partial charge < -0.3 is 4.98 Å². The Bertz CT molecular complexity index is 844. The van der Waals surface area contributed by atoms with E-state index in [2.05, 4.69) is 65.0 Å². The fourth-order valence-corrected chi connectivity index (χ4v) is 4.11. The lowest BCUT2D eigenvalue weighted by atomic mass is 9.90. The van der Waals surface area contributed by atoms with Crippen molar-refractivity contribution < 1.29 is 0 Å². The van der Waals surface area contributed by atoms with E-state index in [1.807, 2.05) is 4.68 Å². The zero-order chi connectivity index (χ0) is 16.7. The van der Waals surface area contributed by atoms with Crippen molar-refractivity contribution in [2.45, 2.75) is 46.3 Å². The van der Waals surface area contributed by atoms with E-state index >= 15 is 0 Å². The zero-order valence-corrected chi connectivity index (χ0v) is 14.7. The first-order valence-corrected chi connectivity index (χ1v) is 8.89. The zero-order valence-electron chi connectivity index (χ0n) is 14.7. The molecule has 0 amide bonds. The maximum absolute atomic E-state index is 4.47. The number of aromatic amines is 1. The van der Waals surface area contributed by atoms with Gasteiger partial charge in [-0.1, -0.05) is 32.0 Å². The Balaban J connectivity index is 1.72. The lowest BCUT2D eigenvalue weighted by molar-refractivity contribution is 0.127. The molecule has 1 N–H and O–H groups in total. The smallest absolute Gasteiger partial charge is 0.141 e. The lowest BCUT2D eigenvalue weighted by Crippen LogP contribution is -2.38. The average molecular weight is 323 g/mol. The van der Waals surface area contributed by atoms with E-state index in [1.54, 1.807) is 6.33 Å². The maximum atomic E-state index is 4.47. The summed E-state index contributed by atoms with van der Waals surface area (Å²) < 4.78 is 2.00. The summed E-state index contributed by atoms with van der Waals surface area (Å²) in [5.41, 5.74) is 4.14. The van der Waals surface area contributed by atoms with Crippen LogP contribution in [0.5, 0.6) is 0 Å². The summed E-state index contributed by atoms with van der Waals surface area (Å²) in [4.78, 5) is 10.7. The van der Waals surface area contributed by atoms with Crippen molar-refractivity contribution in [3.05, 3.63) is 47.7 Å². The summed E-state index contributed by atoms with van der Waals surface area (Å²) in [5.74, 6) is 1.60. The van der Waals surface area contributed by atoms with Gasteiger partial charge in [-0.25, -0.2) is 9.67 Å². The molecule has 1 aliphatic heterocycles. The van der Waals surface area contributed by atoms with Crippen LogP contribution in [0.1, 0.15) is 43.9 Å². The van der Waals surface area contributed by atoms with E-state index in [0.717, 1.165) is 31.9 Å². The van der Waals surface area contributed by atoms with E-state index in [0.29, 0.717) is 12.0 Å². The number of rotatable bonds is 4. The Hall–Kier alpha value is -2.14.